The van der Waals surface area contributed by atoms with Crippen molar-refractivity contribution in [2.75, 3.05) is 11.9 Å². The van der Waals surface area contributed by atoms with Crippen LogP contribution in [0, 0.1) is 0 Å². The number of aromatic nitrogens is 2. The Labute approximate surface area is 240 Å². The molecule has 3 amide bonds. The lowest BCUT2D eigenvalue weighted by atomic mass is 10.1. The highest BCUT2D eigenvalue weighted by molar-refractivity contribution is 7.14. The molecular weight excluding hydrogens is 542 g/mol. The topological polar surface area (TPSA) is 123 Å². The van der Waals surface area contributed by atoms with Gasteiger partial charge in [0.1, 0.15) is 12.6 Å². The molecule has 10 nitrogen and oxygen atoms in total. The van der Waals surface area contributed by atoms with E-state index in [1.165, 1.54) is 16.2 Å². The second-order valence-corrected chi connectivity index (χ2v) is 10.6. The summed E-state index contributed by atoms with van der Waals surface area (Å²) in [6, 6.07) is 19.3. The molecule has 41 heavy (non-hydrogen) atoms. The third-order valence-corrected chi connectivity index (χ3v) is 7.56. The lowest BCUT2D eigenvalue weighted by Gasteiger charge is -2.26. The van der Waals surface area contributed by atoms with Crippen LogP contribution in [0.5, 0.6) is 0 Å². The Balaban J connectivity index is 1.14. The van der Waals surface area contributed by atoms with E-state index < -0.39 is 24.3 Å². The number of carbonyl (C=O) groups is 3. The molecule has 2 N–H and O–H groups in total. The number of pyridine rings is 1. The van der Waals surface area contributed by atoms with Crippen LogP contribution < -0.4 is 10.6 Å². The number of nitrogens with zero attached hydrogens (tertiary/aromatic N) is 3. The summed E-state index contributed by atoms with van der Waals surface area (Å²) in [6.45, 7) is 0.0479. The zero-order chi connectivity index (χ0) is 28.2. The normalized spacial score (nSPS) is 18.1. The van der Waals surface area contributed by atoms with E-state index in [1.807, 2.05) is 47.8 Å². The number of carbonyl (C=O) groups excluding carboxylic acids is 3. The summed E-state index contributed by atoms with van der Waals surface area (Å²) in [5.41, 5.74) is 3.58. The molecule has 2 aliphatic rings. The second-order valence-electron chi connectivity index (χ2n) is 9.78. The van der Waals surface area contributed by atoms with Crippen LogP contribution in [-0.2, 0) is 20.9 Å². The maximum Gasteiger partial charge on any atom is 0.413 e. The van der Waals surface area contributed by atoms with Crippen LogP contribution in [0.15, 0.2) is 84.5 Å². The first kappa shape index (κ1) is 26.6. The summed E-state index contributed by atoms with van der Waals surface area (Å²) in [7, 11) is 0. The summed E-state index contributed by atoms with van der Waals surface area (Å²) >= 11 is 1.27. The van der Waals surface area contributed by atoms with Gasteiger partial charge in [0.15, 0.2) is 11.4 Å². The minimum absolute atomic E-state index is 0.0120. The minimum atomic E-state index is -0.937. The largest absolute Gasteiger partial charge is 0.444 e. The van der Waals surface area contributed by atoms with Gasteiger partial charge in [-0.1, -0.05) is 42.5 Å². The molecule has 3 heterocycles. The van der Waals surface area contributed by atoms with Gasteiger partial charge in [-0.25, -0.2) is 9.78 Å². The highest BCUT2D eigenvalue weighted by Crippen LogP contribution is 2.33. The van der Waals surface area contributed by atoms with E-state index in [0.717, 1.165) is 24.0 Å². The third-order valence-electron chi connectivity index (χ3n) is 6.80. The van der Waals surface area contributed by atoms with Crippen molar-refractivity contribution in [1.29, 1.82) is 0 Å². The van der Waals surface area contributed by atoms with Gasteiger partial charge in [-0.05, 0) is 42.7 Å². The average Bonchev–Trinajstić information content (AvgIpc) is 3.51. The number of benzene rings is 2. The number of ether oxygens (including phenoxy) is 2. The molecule has 0 bridgehead atoms. The predicted octanol–water partition coefficient (Wildman–Crippen LogP) is 4.77. The quantitative estimate of drug-likeness (QED) is 0.313. The van der Waals surface area contributed by atoms with Crippen molar-refractivity contribution in [3.05, 3.63) is 101 Å². The molecular formula is C30H27N5O5S. The molecule has 208 valence electrons. The summed E-state index contributed by atoms with van der Waals surface area (Å²) in [5.74, 6) is -0.521. The Bertz CT molecular complexity index is 1530. The maximum absolute atomic E-state index is 13.4. The Morgan fingerprint density at radius 1 is 1.00 bits per heavy atom. The first-order chi connectivity index (χ1) is 20.0. The minimum Gasteiger partial charge on any atom is -0.444 e. The van der Waals surface area contributed by atoms with E-state index in [2.05, 4.69) is 20.6 Å². The molecule has 1 aliphatic carbocycles. The van der Waals surface area contributed by atoms with Crippen LogP contribution in [0.4, 0.5) is 9.93 Å². The molecule has 1 aliphatic heterocycles. The van der Waals surface area contributed by atoms with E-state index in [0.29, 0.717) is 28.0 Å². The van der Waals surface area contributed by atoms with Crippen LogP contribution in [0.3, 0.4) is 0 Å². The van der Waals surface area contributed by atoms with Crippen LogP contribution in [0.25, 0.3) is 11.3 Å². The van der Waals surface area contributed by atoms with Crippen molar-refractivity contribution in [1.82, 2.24) is 20.2 Å². The van der Waals surface area contributed by atoms with E-state index >= 15 is 0 Å². The van der Waals surface area contributed by atoms with Crippen LogP contribution >= 0.6 is 11.3 Å². The molecule has 2 atom stereocenters. The molecule has 2 aromatic carbocycles. The Hall–Kier alpha value is -4.61. The van der Waals surface area contributed by atoms with Gasteiger partial charge >= 0.3 is 6.09 Å². The highest BCUT2D eigenvalue weighted by atomic mass is 32.1. The first-order valence-electron chi connectivity index (χ1n) is 13.2. The van der Waals surface area contributed by atoms with Crippen molar-refractivity contribution >= 4 is 34.4 Å². The molecule has 1 saturated carbocycles. The zero-order valence-corrected chi connectivity index (χ0v) is 22.8. The Morgan fingerprint density at radius 2 is 1.76 bits per heavy atom. The number of hydrogen-bond acceptors (Lipinski definition) is 8. The SMILES string of the molecule is O=C(NC1CC1)c1ccc(-c2csc(NC(=O)[C@@H]3COC(c4ccncc4)N3C(=O)OCc3ccccc3)n2)cc1. The van der Waals surface area contributed by atoms with Crippen LogP contribution in [-0.4, -0.2) is 51.5 Å². The van der Waals surface area contributed by atoms with Gasteiger partial charge in [0, 0.05) is 40.5 Å². The first-order valence-corrected chi connectivity index (χ1v) is 14.1. The third kappa shape index (κ3) is 6.26. The van der Waals surface area contributed by atoms with E-state index in [4.69, 9.17) is 9.47 Å². The van der Waals surface area contributed by atoms with Crippen molar-refractivity contribution in [2.24, 2.45) is 0 Å². The number of hydrogen-bond donors (Lipinski definition) is 2. The van der Waals surface area contributed by atoms with Crippen LogP contribution in [0.2, 0.25) is 0 Å². The fourth-order valence-corrected chi connectivity index (χ4v) is 5.17. The second kappa shape index (κ2) is 11.9. The summed E-state index contributed by atoms with van der Waals surface area (Å²) in [5, 5.41) is 8.00. The van der Waals surface area contributed by atoms with E-state index in [-0.39, 0.29) is 19.1 Å². The number of anilines is 1. The molecule has 2 fully saturated rings. The van der Waals surface area contributed by atoms with E-state index in [1.54, 1.807) is 36.7 Å². The summed E-state index contributed by atoms with van der Waals surface area (Å²) in [4.78, 5) is 48.9. The van der Waals surface area contributed by atoms with Crippen molar-refractivity contribution in [2.45, 2.75) is 37.8 Å². The van der Waals surface area contributed by atoms with Gasteiger partial charge in [0.05, 0.1) is 12.3 Å². The Morgan fingerprint density at radius 3 is 2.49 bits per heavy atom. The van der Waals surface area contributed by atoms with Crippen molar-refractivity contribution in [3.63, 3.8) is 0 Å². The standard InChI is InChI=1S/C30H27N5O5S/c36-26(32-23-10-11-23)21-8-6-20(7-9-21)24-18-41-29(33-24)34-27(37)25-17-39-28(22-12-14-31-15-13-22)35(25)30(38)40-16-19-4-2-1-3-5-19/h1-9,12-15,18,23,25,28H,10-11,16-17H2,(H,32,36)(H,33,34,37)/t25-,28?/m0/s1. The van der Waals surface area contributed by atoms with Gasteiger partial charge < -0.3 is 20.1 Å². The fourth-order valence-electron chi connectivity index (χ4n) is 4.45. The molecule has 2 aromatic heterocycles. The van der Waals surface area contributed by atoms with E-state index in [9.17, 15) is 14.4 Å². The molecule has 1 unspecified atom stereocenters. The maximum atomic E-state index is 13.4. The van der Waals surface area contributed by atoms with Gasteiger partial charge in [0.2, 0.25) is 0 Å². The lowest BCUT2D eigenvalue weighted by Crippen LogP contribution is -2.45. The molecule has 0 radical (unpaired) electrons. The molecule has 4 aromatic rings. The van der Waals surface area contributed by atoms with Crippen molar-refractivity contribution < 1.29 is 23.9 Å². The van der Waals surface area contributed by atoms with Gasteiger partial charge in [-0.2, -0.15) is 0 Å². The van der Waals surface area contributed by atoms with Gasteiger partial charge in [-0.15, -0.1) is 11.3 Å². The molecule has 0 spiro atoms. The Kier molecular flexibility index (Phi) is 7.70. The van der Waals surface area contributed by atoms with Gasteiger partial charge in [0.25, 0.3) is 11.8 Å². The number of amides is 3. The smallest absolute Gasteiger partial charge is 0.413 e. The summed E-state index contributed by atoms with van der Waals surface area (Å²) < 4.78 is 11.5. The molecule has 6 rings (SSSR count). The highest BCUT2D eigenvalue weighted by Gasteiger charge is 2.44. The van der Waals surface area contributed by atoms with Crippen molar-refractivity contribution in [3.8, 4) is 11.3 Å². The zero-order valence-electron chi connectivity index (χ0n) is 21.9. The lowest BCUT2D eigenvalue weighted by molar-refractivity contribution is -0.120. The monoisotopic (exact) mass is 569 g/mol. The number of rotatable bonds is 8. The average molecular weight is 570 g/mol. The number of thiazole rings is 1. The molecule has 11 heteroatoms. The molecule has 1 saturated heterocycles. The predicted molar refractivity (Wildman–Crippen MR) is 152 cm³/mol. The number of nitrogens with one attached hydrogen (secondary N) is 2. The fraction of sp³-hybridized carbons (Fsp3) is 0.233. The van der Waals surface area contributed by atoms with Gasteiger partial charge in [-0.3, -0.25) is 19.5 Å². The van der Waals surface area contributed by atoms with Crippen LogP contribution in [0.1, 0.15) is 40.6 Å². The summed E-state index contributed by atoms with van der Waals surface area (Å²) in [6.07, 6.45) is 3.78.